The molecular formula is C10H18O3. The van der Waals surface area contributed by atoms with Crippen LogP contribution >= 0.6 is 0 Å². The van der Waals surface area contributed by atoms with Crippen LogP contribution in [0, 0.1) is 0 Å². The van der Waals surface area contributed by atoms with E-state index >= 15 is 0 Å². The minimum atomic E-state index is -0.349. The first-order valence-electron chi connectivity index (χ1n) is 5.17. The van der Waals surface area contributed by atoms with Crippen LogP contribution in [0.2, 0.25) is 0 Å². The summed E-state index contributed by atoms with van der Waals surface area (Å²) < 4.78 is 0. The van der Waals surface area contributed by atoms with E-state index in [0.29, 0.717) is 6.61 Å². The van der Waals surface area contributed by atoms with Crippen LogP contribution in [-0.2, 0) is 14.6 Å². The molecule has 0 saturated carbocycles. The van der Waals surface area contributed by atoms with Crippen molar-refractivity contribution in [2.75, 3.05) is 6.61 Å². The van der Waals surface area contributed by atoms with Crippen LogP contribution < -0.4 is 0 Å². The van der Waals surface area contributed by atoms with Crippen LogP contribution in [0.4, 0.5) is 0 Å². The number of hydrogen-bond donors (Lipinski definition) is 0. The summed E-state index contributed by atoms with van der Waals surface area (Å²) in [6.07, 6.45) is 8.32. The van der Waals surface area contributed by atoms with Gasteiger partial charge in [0.25, 0.3) is 0 Å². The zero-order valence-electron chi connectivity index (χ0n) is 8.04. The second-order valence-electron chi connectivity index (χ2n) is 3.50. The first-order valence-corrected chi connectivity index (χ1v) is 5.17. The highest BCUT2D eigenvalue weighted by Crippen LogP contribution is 2.11. The van der Waals surface area contributed by atoms with Crippen molar-refractivity contribution in [3.05, 3.63) is 0 Å². The van der Waals surface area contributed by atoms with Crippen molar-refractivity contribution in [1.29, 1.82) is 0 Å². The quantitative estimate of drug-likeness (QED) is 0.465. The molecule has 0 N–H and O–H groups in total. The predicted molar refractivity (Wildman–Crippen MR) is 49.2 cm³/mol. The molecule has 0 aromatic carbocycles. The predicted octanol–water partition coefficient (Wildman–Crippen LogP) is 2.25. The third kappa shape index (κ3) is 5.01. The molecule has 1 heterocycles. The molecule has 1 saturated heterocycles. The molecule has 0 aliphatic carbocycles. The Morgan fingerprint density at radius 1 is 1.00 bits per heavy atom. The lowest BCUT2D eigenvalue weighted by Crippen LogP contribution is -2.15. The number of hydrogen-bond acceptors (Lipinski definition) is 3. The van der Waals surface area contributed by atoms with Crippen LogP contribution in [0.15, 0.2) is 0 Å². The van der Waals surface area contributed by atoms with Gasteiger partial charge in [-0.25, -0.2) is 9.78 Å². The van der Waals surface area contributed by atoms with Crippen LogP contribution in [0.25, 0.3) is 0 Å². The van der Waals surface area contributed by atoms with Crippen molar-refractivity contribution in [3.63, 3.8) is 0 Å². The molecule has 0 amide bonds. The molecule has 0 bridgehead atoms. The molecule has 76 valence electrons. The smallest absolute Gasteiger partial charge is 0.152 e. The molecule has 3 nitrogen and oxygen atoms in total. The van der Waals surface area contributed by atoms with Gasteiger partial charge in [0, 0.05) is 0 Å². The normalized spacial score (nSPS) is 27.5. The van der Waals surface area contributed by atoms with E-state index in [4.69, 9.17) is 9.78 Å². The molecule has 1 unspecified atom stereocenters. The molecule has 0 radical (unpaired) electrons. The van der Waals surface area contributed by atoms with Gasteiger partial charge in [0.1, 0.15) is 6.10 Å². The highest BCUT2D eigenvalue weighted by Gasteiger charge is 2.09. The average molecular weight is 186 g/mol. The van der Waals surface area contributed by atoms with Gasteiger partial charge < -0.3 is 4.79 Å². The van der Waals surface area contributed by atoms with E-state index in [1.54, 1.807) is 0 Å². The van der Waals surface area contributed by atoms with Crippen LogP contribution in [0.5, 0.6) is 0 Å². The lowest BCUT2D eigenvalue weighted by atomic mass is 10.1. The summed E-state index contributed by atoms with van der Waals surface area (Å²) in [5.74, 6) is 0. The molecule has 1 aliphatic heterocycles. The van der Waals surface area contributed by atoms with Gasteiger partial charge in [0.15, 0.2) is 6.29 Å². The van der Waals surface area contributed by atoms with Gasteiger partial charge in [-0.2, -0.15) is 0 Å². The fraction of sp³-hybridized carbons (Fsp3) is 0.900. The summed E-state index contributed by atoms with van der Waals surface area (Å²) in [5, 5.41) is 0. The molecular weight excluding hydrogens is 168 g/mol. The maximum Gasteiger partial charge on any atom is 0.152 e. The highest BCUT2D eigenvalue weighted by molar-refractivity contribution is 5.55. The largest absolute Gasteiger partial charge is 0.300 e. The van der Waals surface area contributed by atoms with Crippen molar-refractivity contribution in [2.45, 2.75) is 51.0 Å². The van der Waals surface area contributed by atoms with Gasteiger partial charge in [-0.3, -0.25) is 0 Å². The molecule has 1 aliphatic rings. The van der Waals surface area contributed by atoms with Crippen molar-refractivity contribution in [2.24, 2.45) is 0 Å². The van der Waals surface area contributed by atoms with E-state index in [1.165, 1.54) is 25.7 Å². The van der Waals surface area contributed by atoms with Gasteiger partial charge >= 0.3 is 0 Å². The third-order valence-electron chi connectivity index (χ3n) is 2.31. The Morgan fingerprint density at radius 2 is 1.69 bits per heavy atom. The first kappa shape index (κ1) is 10.7. The second kappa shape index (κ2) is 7.04. The number of rotatable bonds is 1. The van der Waals surface area contributed by atoms with E-state index in [9.17, 15) is 4.79 Å². The van der Waals surface area contributed by atoms with Gasteiger partial charge in [0.2, 0.25) is 0 Å². The number of carbonyl (C=O) groups is 1. The molecule has 0 aromatic rings. The van der Waals surface area contributed by atoms with E-state index in [-0.39, 0.29) is 6.10 Å². The maximum absolute atomic E-state index is 10.5. The Hall–Kier alpha value is -0.410. The first-order chi connectivity index (χ1) is 6.43. The Kier molecular flexibility index (Phi) is 5.78. The van der Waals surface area contributed by atoms with Gasteiger partial charge in [-0.15, -0.1) is 0 Å². The molecule has 1 fully saturated rings. The lowest BCUT2D eigenvalue weighted by Gasteiger charge is -2.08. The van der Waals surface area contributed by atoms with E-state index in [1.807, 2.05) is 0 Å². The minimum Gasteiger partial charge on any atom is -0.300 e. The van der Waals surface area contributed by atoms with Gasteiger partial charge in [-0.05, 0) is 12.8 Å². The Balaban J connectivity index is 2.22. The summed E-state index contributed by atoms with van der Waals surface area (Å²) in [6, 6.07) is 0. The Bertz CT molecular complexity index is 124. The van der Waals surface area contributed by atoms with Crippen LogP contribution in [0.3, 0.4) is 0 Å². The minimum absolute atomic E-state index is 0.349. The molecule has 1 rings (SSSR count). The number of aldehydes is 1. The Morgan fingerprint density at radius 3 is 2.46 bits per heavy atom. The molecule has 0 spiro atoms. The van der Waals surface area contributed by atoms with Crippen molar-refractivity contribution in [1.82, 2.24) is 0 Å². The lowest BCUT2D eigenvalue weighted by molar-refractivity contribution is -0.315. The summed E-state index contributed by atoms with van der Waals surface area (Å²) in [4.78, 5) is 20.4. The second-order valence-corrected chi connectivity index (χ2v) is 3.50. The molecule has 3 heteroatoms. The van der Waals surface area contributed by atoms with Crippen molar-refractivity contribution in [3.8, 4) is 0 Å². The SMILES string of the molecule is O=CC1CCCCCCCCOO1. The zero-order valence-corrected chi connectivity index (χ0v) is 8.04. The van der Waals surface area contributed by atoms with Crippen molar-refractivity contribution < 1.29 is 14.6 Å². The molecule has 13 heavy (non-hydrogen) atoms. The van der Waals surface area contributed by atoms with E-state index in [0.717, 1.165) is 25.5 Å². The summed E-state index contributed by atoms with van der Waals surface area (Å²) in [6.45, 7) is 0.615. The number of carbonyl (C=O) groups excluding carboxylic acids is 1. The maximum atomic E-state index is 10.5. The monoisotopic (exact) mass is 186 g/mol. The van der Waals surface area contributed by atoms with Gasteiger partial charge in [-0.1, -0.05) is 32.1 Å². The summed E-state index contributed by atoms with van der Waals surface area (Å²) in [7, 11) is 0. The van der Waals surface area contributed by atoms with E-state index < -0.39 is 0 Å². The highest BCUT2D eigenvalue weighted by atomic mass is 17.2. The molecule has 1 atom stereocenters. The Labute approximate surface area is 79.3 Å². The summed E-state index contributed by atoms with van der Waals surface area (Å²) in [5.41, 5.74) is 0. The van der Waals surface area contributed by atoms with Crippen LogP contribution in [-0.4, -0.2) is 19.0 Å². The summed E-state index contributed by atoms with van der Waals surface area (Å²) >= 11 is 0. The van der Waals surface area contributed by atoms with Crippen LogP contribution in [0.1, 0.15) is 44.9 Å². The van der Waals surface area contributed by atoms with E-state index in [2.05, 4.69) is 0 Å². The van der Waals surface area contributed by atoms with Crippen molar-refractivity contribution >= 4 is 6.29 Å². The fourth-order valence-corrected chi connectivity index (χ4v) is 1.49. The zero-order chi connectivity index (χ0) is 9.36. The fourth-order valence-electron chi connectivity index (χ4n) is 1.49. The standard InChI is InChI=1S/C10H18O3/c11-9-10-7-5-3-1-2-4-6-8-12-13-10/h9-10H,1-8H2. The third-order valence-corrected chi connectivity index (χ3v) is 2.31. The average Bonchev–Trinajstić information content (AvgIpc) is 2.22. The van der Waals surface area contributed by atoms with Gasteiger partial charge in [0.05, 0.1) is 6.61 Å². The topological polar surface area (TPSA) is 35.5 Å². The molecule has 0 aromatic heterocycles.